The quantitative estimate of drug-likeness (QED) is 0.137. The molecular weight excluding hydrogens is 619 g/mol. The van der Waals surface area contributed by atoms with Crippen LogP contribution in [0.1, 0.15) is 19.8 Å². The van der Waals surface area contributed by atoms with Crippen molar-refractivity contribution in [1.29, 1.82) is 0 Å². The Balaban J connectivity index is 1.28. The normalized spacial score (nSPS) is 13.6. The second kappa shape index (κ2) is 12.5. The number of fused-ring (bicyclic) bond motifs is 4. The summed E-state index contributed by atoms with van der Waals surface area (Å²) in [6, 6.07) is 51.1. The first-order valence-electron chi connectivity index (χ1n) is 17.8. The zero-order chi connectivity index (χ0) is 34.5. The van der Waals surface area contributed by atoms with Gasteiger partial charge in [0.25, 0.3) is 6.21 Å². The summed E-state index contributed by atoms with van der Waals surface area (Å²) in [7, 11) is 2.09. The maximum absolute atomic E-state index is 6.73. The number of hydrogen-bond acceptors (Lipinski definition) is 2. The number of likely N-dealkylation sites (N-methyl/N-ethyl adjacent to an activating group) is 1. The first-order valence-corrected chi connectivity index (χ1v) is 17.8. The maximum atomic E-state index is 6.73. The zero-order valence-corrected chi connectivity index (χ0v) is 28.9. The number of allylic oxidation sites excluding steroid dienone is 3. The van der Waals surface area contributed by atoms with Crippen molar-refractivity contribution in [3.63, 3.8) is 0 Å². The lowest BCUT2D eigenvalue weighted by Gasteiger charge is -2.22. The van der Waals surface area contributed by atoms with Gasteiger partial charge in [-0.2, -0.15) is 0 Å². The number of anilines is 1. The molecule has 2 N–H and O–H groups in total. The average molecular weight is 657 g/mol. The molecule has 1 aliphatic carbocycles. The van der Waals surface area contributed by atoms with Crippen LogP contribution in [0.25, 0.3) is 77.2 Å². The zero-order valence-electron chi connectivity index (χ0n) is 28.9. The van der Waals surface area contributed by atoms with E-state index in [1.54, 1.807) is 0 Å². The lowest BCUT2D eigenvalue weighted by molar-refractivity contribution is 1.09. The molecular formula is C48H38N3+. The number of hydrogen-bond donors (Lipinski definition) is 1. The van der Waals surface area contributed by atoms with Crippen molar-refractivity contribution in [1.82, 2.24) is 4.67 Å². The molecule has 244 valence electrons. The molecule has 0 unspecified atom stereocenters. The van der Waals surface area contributed by atoms with Gasteiger partial charge in [0.15, 0.2) is 0 Å². The molecule has 0 saturated carbocycles. The molecule has 0 aromatic heterocycles. The van der Waals surface area contributed by atoms with Gasteiger partial charge in [0.05, 0.1) is 18.5 Å². The summed E-state index contributed by atoms with van der Waals surface area (Å²) in [6.07, 6.45) is 7.88. The lowest BCUT2D eigenvalue weighted by Crippen LogP contribution is -2.24. The van der Waals surface area contributed by atoms with Crippen LogP contribution >= 0.6 is 0 Å². The Hall–Kier alpha value is -6.41. The minimum atomic E-state index is 0.730. The van der Waals surface area contributed by atoms with Gasteiger partial charge in [0.1, 0.15) is 5.70 Å². The van der Waals surface area contributed by atoms with Gasteiger partial charge in [0.2, 0.25) is 0 Å². The van der Waals surface area contributed by atoms with Gasteiger partial charge in [-0.25, -0.2) is 0 Å². The highest BCUT2D eigenvalue weighted by Gasteiger charge is 2.31. The molecule has 3 heteroatoms. The average Bonchev–Trinajstić information content (AvgIpc) is 3.85. The van der Waals surface area contributed by atoms with Crippen LogP contribution in [-0.2, 0) is 0 Å². The first-order chi connectivity index (χ1) is 25.1. The Labute approximate surface area is 299 Å². The molecule has 0 radical (unpaired) electrons. The number of benzene rings is 7. The van der Waals surface area contributed by atoms with Gasteiger partial charge in [-0.05, 0) is 102 Å². The fourth-order valence-corrected chi connectivity index (χ4v) is 8.22. The third-order valence-electron chi connectivity index (χ3n) is 10.5. The summed E-state index contributed by atoms with van der Waals surface area (Å²) in [5.41, 5.74) is 23.1. The smallest absolute Gasteiger partial charge is 0.328 e. The summed E-state index contributed by atoms with van der Waals surface area (Å²) in [4.78, 5) is 2.18. The van der Waals surface area contributed by atoms with E-state index in [0.717, 1.165) is 35.6 Å². The van der Waals surface area contributed by atoms with Gasteiger partial charge in [-0.3, -0.25) is 0 Å². The molecule has 0 bridgehead atoms. The van der Waals surface area contributed by atoms with Gasteiger partial charge >= 0.3 is 5.71 Å². The van der Waals surface area contributed by atoms with Crippen LogP contribution in [0.3, 0.4) is 0 Å². The highest BCUT2D eigenvalue weighted by atomic mass is 15.1. The van der Waals surface area contributed by atoms with Crippen molar-refractivity contribution in [2.75, 3.05) is 11.9 Å². The number of nitrogens with two attached hydrogens (primary N) is 1. The molecule has 0 fully saturated rings. The molecule has 0 spiro atoms. The first kappa shape index (κ1) is 30.6. The standard InChI is InChI=1S/C48H38N3/c1-3-15-42(48(49)41-26-14-29-50-41)51(2)34-21-12-20-33(30-34)35-27-28-40-45-36(35)24-13-25-39(45)46-43(31-16-6-4-7-17-31)37-22-10-11-23-38(37)44(47(40)46)32-18-8-5-9-19-32/h3-13,15-25,27-30H,14,26,49H2,1-2H3/q+1/b15-3-. The van der Waals surface area contributed by atoms with Crippen LogP contribution in [0.2, 0.25) is 0 Å². The monoisotopic (exact) mass is 656 g/mol. The van der Waals surface area contributed by atoms with E-state index >= 15 is 0 Å². The van der Waals surface area contributed by atoms with E-state index in [2.05, 4.69) is 162 Å². The third kappa shape index (κ3) is 4.94. The fraction of sp³-hybridized carbons (Fsp3) is 0.0833. The van der Waals surface area contributed by atoms with Crippen molar-refractivity contribution in [2.24, 2.45) is 5.73 Å². The molecule has 9 rings (SSSR count). The van der Waals surface area contributed by atoms with Gasteiger partial charge in [-0.15, -0.1) is 0 Å². The van der Waals surface area contributed by atoms with E-state index in [4.69, 9.17) is 5.73 Å². The summed E-state index contributed by atoms with van der Waals surface area (Å²) < 4.78 is 4.57. The molecule has 7 aromatic carbocycles. The second-order valence-electron chi connectivity index (χ2n) is 13.4. The van der Waals surface area contributed by atoms with E-state index < -0.39 is 0 Å². The van der Waals surface area contributed by atoms with E-state index in [-0.39, 0.29) is 0 Å². The predicted molar refractivity (Wildman–Crippen MR) is 219 cm³/mol. The van der Waals surface area contributed by atoms with Crippen LogP contribution < -0.4 is 15.3 Å². The Kier molecular flexibility index (Phi) is 7.50. The van der Waals surface area contributed by atoms with Crippen molar-refractivity contribution in [2.45, 2.75) is 19.8 Å². The lowest BCUT2D eigenvalue weighted by atomic mass is 9.82. The summed E-state index contributed by atoms with van der Waals surface area (Å²) in [5.74, 6) is 0. The van der Waals surface area contributed by atoms with Crippen LogP contribution in [0, 0.1) is 0 Å². The number of nitrogens with zero attached hydrogens (tertiary/aromatic N) is 2. The van der Waals surface area contributed by atoms with E-state index in [0.29, 0.717) is 0 Å². The van der Waals surface area contributed by atoms with Crippen molar-refractivity contribution >= 4 is 39.2 Å². The molecule has 0 atom stereocenters. The summed E-state index contributed by atoms with van der Waals surface area (Å²) >= 11 is 0. The molecule has 3 nitrogen and oxygen atoms in total. The Morgan fingerprint density at radius 2 is 1.18 bits per heavy atom. The second-order valence-corrected chi connectivity index (χ2v) is 13.4. The molecule has 2 aliphatic rings. The highest BCUT2D eigenvalue weighted by Crippen LogP contribution is 2.58. The predicted octanol–water partition coefficient (Wildman–Crippen LogP) is 11.2. The van der Waals surface area contributed by atoms with E-state index in [9.17, 15) is 0 Å². The van der Waals surface area contributed by atoms with Gasteiger partial charge in [0, 0.05) is 12.7 Å². The van der Waals surface area contributed by atoms with Crippen LogP contribution in [-0.4, -0.2) is 19.0 Å². The van der Waals surface area contributed by atoms with Crippen LogP contribution in [0.5, 0.6) is 0 Å². The molecule has 0 amide bonds. The molecule has 0 saturated heterocycles. The minimum absolute atomic E-state index is 0.730. The molecule has 51 heavy (non-hydrogen) atoms. The van der Waals surface area contributed by atoms with Crippen LogP contribution in [0.15, 0.2) is 163 Å². The molecule has 7 aromatic rings. The van der Waals surface area contributed by atoms with Crippen LogP contribution in [0.4, 0.5) is 5.69 Å². The van der Waals surface area contributed by atoms with Gasteiger partial charge in [-0.1, -0.05) is 138 Å². The fourth-order valence-electron chi connectivity index (χ4n) is 8.22. The largest absolute Gasteiger partial charge is 0.391 e. The number of rotatable bonds is 7. The maximum Gasteiger partial charge on any atom is 0.328 e. The van der Waals surface area contributed by atoms with Crippen molar-refractivity contribution in [3.8, 4) is 55.6 Å². The van der Waals surface area contributed by atoms with Crippen molar-refractivity contribution in [3.05, 3.63) is 163 Å². The van der Waals surface area contributed by atoms with Crippen molar-refractivity contribution < 1.29 is 0 Å². The molecule has 1 aliphatic heterocycles. The van der Waals surface area contributed by atoms with Gasteiger partial charge < -0.3 is 10.6 Å². The summed E-state index contributed by atoms with van der Waals surface area (Å²) in [5, 5.41) is 5.10. The Morgan fingerprint density at radius 3 is 1.80 bits per heavy atom. The highest BCUT2D eigenvalue weighted by molar-refractivity contribution is 6.28. The Bertz CT molecular complexity index is 2550. The molecule has 1 heterocycles. The SMILES string of the molecule is C/C=C\C(=C(/N)C1=[N+]=CCC1)N(C)c1cccc(-c2ccc3c4c(cccc24)-c2c-3c(-c3ccccc3)c3ccccc3c2-c2ccccc2)c1. The van der Waals surface area contributed by atoms with E-state index in [1.165, 1.54) is 77.2 Å². The topological polar surface area (TPSA) is 43.4 Å². The van der Waals surface area contributed by atoms with E-state index in [1.807, 2.05) is 19.2 Å². The summed E-state index contributed by atoms with van der Waals surface area (Å²) in [6.45, 7) is 2.03. The Morgan fingerprint density at radius 1 is 0.608 bits per heavy atom. The third-order valence-corrected chi connectivity index (χ3v) is 10.5. The minimum Gasteiger partial charge on any atom is -0.391 e.